The van der Waals surface area contributed by atoms with Gasteiger partial charge in [-0.05, 0) is 32.0 Å². The zero-order valence-electron chi connectivity index (χ0n) is 16.2. The molecule has 4 amide bonds. The van der Waals surface area contributed by atoms with Crippen LogP contribution >= 0.6 is 11.3 Å². The molecular weight excluding hydrogens is 390 g/mol. The molecule has 9 heteroatoms. The molecule has 1 fully saturated rings. The number of para-hydroxylation sites is 1. The summed E-state index contributed by atoms with van der Waals surface area (Å²) in [4.78, 5) is 40.6. The first kappa shape index (κ1) is 19.1. The van der Waals surface area contributed by atoms with Crippen molar-refractivity contribution >= 4 is 39.4 Å². The summed E-state index contributed by atoms with van der Waals surface area (Å²) >= 11 is 1.38. The van der Waals surface area contributed by atoms with Gasteiger partial charge in [-0.25, -0.2) is 9.48 Å². The summed E-state index contributed by atoms with van der Waals surface area (Å²) in [5.74, 6) is -0.398. The fourth-order valence-electron chi connectivity index (χ4n) is 3.37. The highest BCUT2D eigenvalue weighted by Gasteiger charge is 2.34. The van der Waals surface area contributed by atoms with Crippen LogP contribution in [0.25, 0.3) is 15.9 Å². The van der Waals surface area contributed by atoms with Crippen LogP contribution in [-0.2, 0) is 4.79 Å². The Morgan fingerprint density at radius 2 is 2.00 bits per heavy atom. The number of nitrogens with zero attached hydrogens (tertiary/aromatic N) is 4. The minimum Gasteiger partial charge on any atom is -0.350 e. The second-order valence-electron chi connectivity index (χ2n) is 6.76. The van der Waals surface area contributed by atoms with E-state index in [1.165, 1.54) is 21.1 Å². The predicted octanol–water partition coefficient (Wildman–Crippen LogP) is 2.41. The van der Waals surface area contributed by atoms with Crippen LogP contribution in [0.4, 0.5) is 4.79 Å². The van der Waals surface area contributed by atoms with Gasteiger partial charge >= 0.3 is 6.03 Å². The molecular formula is C20H21N5O3S. The standard InChI is InChI=1S/C20H21N5O3S/c1-3-24-17(26)12-23(20(24)28)10-9-21-18(27)16-11-15-13(2)22-25(19(15)29-16)14-7-5-4-6-8-14/h4-8,11H,3,9-10,12H2,1-2H3,(H,21,27). The van der Waals surface area contributed by atoms with E-state index in [9.17, 15) is 14.4 Å². The first-order chi connectivity index (χ1) is 14.0. The van der Waals surface area contributed by atoms with Gasteiger partial charge in [-0.1, -0.05) is 18.2 Å². The van der Waals surface area contributed by atoms with E-state index in [0.29, 0.717) is 18.0 Å². The van der Waals surface area contributed by atoms with Crippen molar-refractivity contribution in [2.24, 2.45) is 0 Å². The lowest BCUT2D eigenvalue weighted by Gasteiger charge is -2.15. The maximum absolute atomic E-state index is 12.6. The predicted molar refractivity (Wildman–Crippen MR) is 110 cm³/mol. The number of thiophene rings is 1. The topological polar surface area (TPSA) is 87.5 Å². The third kappa shape index (κ3) is 3.49. The number of benzene rings is 1. The van der Waals surface area contributed by atoms with Crippen molar-refractivity contribution in [1.82, 2.24) is 24.9 Å². The Morgan fingerprint density at radius 3 is 2.69 bits per heavy atom. The molecule has 150 valence electrons. The van der Waals surface area contributed by atoms with Crippen LogP contribution in [-0.4, -0.2) is 63.6 Å². The van der Waals surface area contributed by atoms with Crippen LogP contribution in [0.3, 0.4) is 0 Å². The van der Waals surface area contributed by atoms with Gasteiger partial charge in [0.1, 0.15) is 11.4 Å². The maximum atomic E-state index is 12.6. The molecule has 1 aliphatic rings. The molecule has 1 saturated heterocycles. The van der Waals surface area contributed by atoms with Crippen molar-refractivity contribution in [3.63, 3.8) is 0 Å². The summed E-state index contributed by atoms with van der Waals surface area (Å²) in [6.45, 7) is 4.70. The number of carbonyl (C=O) groups is 3. The van der Waals surface area contributed by atoms with E-state index in [1.54, 1.807) is 6.92 Å². The van der Waals surface area contributed by atoms with E-state index in [0.717, 1.165) is 21.6 Å². The normalized spacial score (nSPS) is 14.3. The second-order valence-corrected chi connectivity index (χ2v) is 7.79. The van der Waals surface area contributed by atoms with Gasteiger partial charge in [0, 0.05) is 25.0 Å². The quantitative estimate of drug-likeness (QED) is 0.631. The highest BCUT2D eigenvalue weighted by molar-refractivity contribution is 7.20. The van der Waals surface area contributed by atoms with E-state index in [2.05, 4.69) is 10.4 Å². The van der Waals surface area contributed by atoms with Gasteiger partial charge in [0.15, 0.2) is 0 Å². The number of nitrogens with one attached hydrogen (secondary N) is 1. The van der Waals surface area contributed by atoms with Gasteiger partial charge in [-0.15, -0.1) is 11.3 Å². The monoisotopic (exact) mass is 411 g/mol. The smallest absolute Gasteiger partial charge is 0.327 e. The molecule has 0 unspecified atom stereocenters. The molecule has 0 bridgehead atoms. The number of amides is 4. The van der Waals surface area contributed by atoms with Crippen molar-refractivity contribution in [2.45, 2.75) is 13.8 Å². The molecule has 0 atom stereocenters. The highest BCUT2D eigenvalue weighted by atomic mass is 32.1. The zero-order chi connectivity index (χ0) is 20.5. The highest BCUT2D eigenvalue weighted by Crippen LogP contribution is 2.30. The molecule has 1 N–H and O–H groups in total. The largest absolute Gasteiger partial charge is 0.350 e. The lowest BCUT2D eigenvalue weighted by Crippen LogP contribution is -2.37. The lowest BCUT2D eigenvalue weighted by molar-refractivity contribution is -0.125. The zero-order valence-corrected chi connectivity index (χ0v) is 17.0. The minimum atomic E-state index is -0.299. The van der Waals surface area contributed by atoms with E-state index >= 15 is 0 Å². The maximum Gasteiger partial charge on any atom is 0.327 e. The summed E-state index contributed by atoms with van der Waals surface area (Å²) in [5, 5.41) is 8.37. The average Bonchev–Trinajstić information content (AvgIpc) is 3.36. The number of hydrogen-bond donors (Lipinski definition) is 1. The molecule has 2 aromatic heterocycles. The van der Waals surface area contributed by atoms with Crippen molar-refractivity contribution < 1.29 is 14.4 Å². The first-order valence-electron chi connectivity index (χ1n) is 9.41. The van der Waals surface area contributed by atoms with Gasteiger partial charge in [0.2, 0.25) is 5.91 Å². The fraction of sp³-hybridized carbons (Fsp3) is 0.300. The Balaban J connectivity index is 1.44. The number of aryl methyl sites for hydroxylation is 1. The SMILES string of the molecule is CCN1C(=O)CN(CCNC(=O)c2cc3c(C)nn(-c4ccccc4)c3s2)C1=O. The molecule has 29 heavy (non-hydrogen) atoms. The Kier molecular flexibility index (Phi) is 5.06. The molecule has 4 rings (SSSR count). The molecule has 3 heterocycles. The minimum absolute atomic E-state index is 0.0670. The third-order valence-electron chi connectivity index (χ3n) is 4.88. The summed E-state index contributed by atoms with van der Waals surface area (Å²) in [6, 6.07) is 11.3. The molecule has 8 nitrogen and oxygen atoms in total. The Hall–Kier alpha value is -3.20. The van der Waals surface area contributed by atoms with Crippen LogP contribution in [0, 0.1) is 6.92 Å². The fourth-order valence-corrected chi connectivity index (χ4v) is 4.47. The Labute approximate surface area is 171 Å². The average molecular weight is 411 g/mol. The van der Waals surface area contributed by atoms with Gasteiger partial charge in [0.05, 0.1) is 16.3 Å². The number of hydrogen-bond acceptors (Lipinski definition) is 5. The van der Waals surface area contributed by atoms with Crippen LogP contribution in [0.5, 0.6) is 0 Å². The van der Waals surface area contributed by atoms with E-state index < -0.39 is 0 Å². The van der Waals surface area contributed by atoms with Crippen LogP contribution in [0.2, 0.25) is 0 Å². The van der Waals surface area contributed by atoms with E-state index in [1.807, 2.05) is 48.0 Å². The second kappa shape index (κ2) is 7.67. The Morgan fingerprint density at radius 1 is 1.24 bits per heavy atom. The molecule has 3 aromatic rings. The van der Waals surface area contributed by atoms with Crippen LogP contribution in [0.1, 0.15) is 22.3 Å². The van der Waals surface area contributed by atoms with Crippen LogP contribution in [0.15, 0.2) is 36.4 Å². The first-order valence-corrected chi connectivity index (χ1v) is 10.2. The molecule has 0 spiro atoms. The number of imide groups is 1. The lowest BCUT2D eigenvalue weighted by atomic mass is 10.3. The number of fused-ring (bicyclic) bond motifs is 1. The third-order valence-corrected chi connectivity index (χ3v) is 5.99. The molecule has 1 aromatic carbocycles. The van der Waals surface area contributed by atoms with Crippen molar-refractivity contribution in [2.75, 3.05) is 26.2 Å². The van der Waals surface area contributed by atoms with Gasteiger partial charge in [-0.2, -0.15) is 5.10 Å². The number of urea groups is 1. The van der Waals surface area contributed by atoms with Crippen LogP contribution < -0.4 is 5.32 Å². The number of carbonyl (C=O) groups excluding carboxylic acids is 3. The Bertz CT molecular complexity index is 1090. The van der Waals surface area contributed by atoms with Gasteiger partial charge in [0.25, 0.3) is 5.91 Å². The number of likely N-dealkylation sites (N-methyl/N-ethyl adjacent to an activating group) is 1. The van der Waals surface area contributed by atoms with Crippen molar-refractivity contribution in [3.8, 4) is 5.69 Å². The van der Waals surface area contributed by atoms with Gasteiger partial charge < -0.3 is 10.2 Å². The molecule has 0 radical (unpaired) electrons. The molecule has 0 aliphatic carbocycles. The number of aromatic nitrogens is 2. The summed E-state index contributed by atoms with van der Waals surface area (Å²) in [5.41, 5.74) is 1.80. The molecule has 0 saturated carbocycles. The van der Waals surface area contributed by atoms with Crippen molar-refractivity contribution in [3.05, 3.63) is 47.0 Å². The van der Waals surface area contributed by atoms with Gasteiger partial charge in [-0.3, -0.25) is 14.5 Å². The number of rotatable bonds is 6. The molecule has 1 aliphatic heterocycles. The van der Waals surface area contributed by atoms with E-state index in [-0.39, 0.29) is 30.9 Å². The summed E-state index contributed by atoms with van der Waals surface area (Å²) in [6.07, 6.45) is 0. The van der Waals surface area contributed by atoms with E-state index in [4.69, 9.17) is 0 Å². The summed E-state index contributed by atoms with van der Waals surface area (Å²) < 4.78 is 1.85. The van der Waals surface area contributed by atoms with Crippen molar-refractivity contribution in [1.29, 1.82) is 0 Å². The summed E-state index contributed by atoms with van der Waals surface area (Å²) in [7, 11) is 0.